The van der Waals surface area contributed by atoms with Gasteiger partial charge in [-0.25, -0.2) is 9.97 Å². The van der Waals surface area contributed by atoms with E-state index in [1.54, 1.807) is 24.5 Å². The summed E-state index contributed by atoms with van der Waals surface area (Å²) in [4.78, 5) is 8.40. The van der Waals surface area contributed by atoms with Crippen LogP contribution in [0.5, 0.6) is 0 Å². The second-order valence-electron chi connectivity index (χ2n) is 3.05. The zero-order valence-electron chi connectivity index (χ0n) is 8.38. The van der Waals surface area contributed by atoms with E-state index in [2.05, 4.69) is 16.0 Å². The number of rotatable bonds is 2. The molecule has 4 nitrogen and oxygen atoms in total. The molecule has 2 heterocycles. The van der Waals surface area contributed by atoms with Crippen LogP contribution in [0.1, 0.15) is 18.3 Å². The quantitative estimate of drug-likeness (QED) is 0.738. The van der Waals surface area contributed by atoms with Crippen LogP contribution in [0.15, 0.2) is 30.7 Å². The van der Waals surface area contributed by atoms with Crippen molar-refractivity contribution >= 4 is 0 Å². The first-order chi connectivity index (χ1) is 7.36. The molecule has 0 amide bonds. The summed E-state index contributed by atoms with van der Waals surface area (Å²) in [7, 11) is 0. The molecule has 0 radical (unpaired) electrons. The van der Waals surface area contributed by atoms with Crippen molar-refractivity contribution in [1.82, 2.24) is 14.5 Å². The first-order valence-corrected chi connectivity index (χ1v) is 4.74. The number of aromatic nitrogens is 3. The van der Waals surface area contributed by atoms with E-state index in [1.807, 2.05) is 17.7 Å². The van der Waals surface area contributed by atoms with Crippen LogP contribution in [0, 0.1) is 11.3 Å². The Bertz CT molecular complexity index is 507. The first-order valence-electron chi connectivity index (χ1n) is 4.74. The number of nitrogens with zero attached hydrogens (tertiary/aromatic N) is 4. The Labute approximate surface area is 87.8 Å². The van der Waals surface area contributed by atoms with E-state index in [0.717, 1.165) is 12.2 Å². The lowest BCUT2D eigenvalue weighted by molar-refractivity contribution is 0.865. The SMILES string of the molecule is CCc1nccn1-c1ncccc1C#N. The van der Waals surface area contributed by atoms with Crippen molar-refractivity contribution in [2.24, 2.45) is 0 Å². The Morgan fingerprint density at radius 3 is 3.00 bits per heavy atom. The molecule has 2 aromatic heterocycles. The van der Waals surface area contributed by atoms with Gasteiger partial charge in [-0.05, 0) is 12.1 Å². The number of aryl methyl sites for hydroxylation is 1. The van der Waals surface area contributed by atoms with E-state index in [9.17, 15) is 0 Å². The molecule has 4 heteroatoms. The molecule has 15 heavy (non-hydrogen) atoms. The summed E-state index contributed by atoms with van der Waals surface area (Å²) in [5, 5.41) is 8.96. The minimum Gasteiger partial charge on any atom is -0.287 e. The number of hydrogen-bond donors (Lipinski definition) is 0. The summed E-state index contributed by atoms with van der Waals surface area (Å²) in [5.41, 5.74) is 0.560. The van der Waals surface area contributed by atoms with Gasteiger partial charge < -0.3 is 0 Å². The molecular formula is C11H10N4. The third-order valence-corrected chi connectivity index (χ3v) is 2.17. The largest absolute Gasteiger partial charge is 0.287 e. The minimum absolute atomic E-state index is 0.560. The van der Waals surface area contributed by atoms with Gasteiger partial charge >= 0.3 is 0 Å². The van der Waals surface area contributed by atoms with Gasteiger partial charge in [-0.2, -0.15) is 5.26 Å². The van der Waals surface area contributed by atoms with Gasteiger partial charge in [-0.15, -0.1) is 0 Å². The lowest BCUT2D eigenvalue weighted by atomic mass is 10.3. The van der Waals surface area contributed by atoms with Crippen LogP contribution in [-0.4, -0.2) is 14.5 Å². The highest BCUT2D eigenvalue weighted by molar-refractivity contribution is 5.43. The highest BCUT2D eigenvalue weighted by atomic mass is 15.1. The maximum absolute atomic E-state index is 8.96. The van der Waals surface area contributed by atoms with Gasteiger partial charge in [-0.1, -0.05) is 6.92 Å². The van der Waals surface area contributed by atoms with E-state index in [0.29, 0.717) is 11.4 Å². The normalized spacial score (nSPS) is 9.87. The Morgan fingerprint density at radius 2 is 2.27 bits per heavy atom. The van der Waals surface area contributed by atoms with Crippen molar-refractivity contribution in [2.75, 3.05) is 0 Å². The summed E-state index contributed by atoms with van der Waals surface area (Å²) in [6.07, 6.45) is 6.03. The van der Waals surface area contributed by atoms with Crippen molar-refractivity contribution < 1.29 is 0 Å². The van der Waals surface area contributed by atoms with Gasteiger partial charge in [0.25, 0.3) is 0 Å². The molecule has 0 saturated heterocycles. The fraction of sp³-hybridized carbons (Fsp3) is 0.182. The number of pyridine rings is 1. The average Bonchev–Trinajstić information content (AvgIpc) is 2.76. The van der Waals surface area contributed by atoms with Crippen LogP contribution >= 0.6 is 0 Å². The van der Waals surface area contributed by atoms with E-state index in [1.165, 1.54) is 0 Å². The van der Waals surface area contributed by atoms with Crippen LogP contribution in [0.25, 0.3) is 5.82 Å². The van der Waals surface area contributed by atoms with E-state index < -0.39 is 0 Å². The van der Waals surface area contributed by atoms with Crippen LogP contribution in [0.4, 0.5) is 0 Å². The molecule has 0 spiro atoms. The molecule has 2 rings (SSSR count). The fourth-order valence-electron chi connectivity index (χ4n) is 1.46. The number of imidazole rings is 1. The van der Waals surface area contributed by atoms with Crippen LogP contribution in [0.3, 0.4) is 0 Å². The predicted molar refractivity (Wildman–Crippen MR) is 55.5 cm³/mol. The molecule has 0 aliphatic carbocycles. The topological polar surface area (TPSA) is 54.5 Å². The van der Waals surface area contributed by atoms with E-state index in [-0.39, 0.29) is 0 Å². The third kappa shape index (κ3) is 1.59. The molecule has 0 atom stereocenters. The molecule has 0 N–H and O–H groups in total. The summed E-state index contributed by atoms with van der Waals surface area (Å²) < 4.78 is 1.85. The van der Waals surface area contributed by atoms with Crippen molar-refractivity contribution in [3.8, 4) is 11.9 Å². The Balaban J connectivity index is 2.59. The summed E-state index contributed by atoms with van der Waals surface area (Å²) in [5.74, 6) is 1.56. The second-order valence-corrected chi connectivity index (χ2v) is 3.05. The molecule has 0 fully saturated rings. The molecule has 74 valence electrons. The maximum Gasteiger partial charge on any atom is 0.155 e. The van der Waals surface area contributed by atoms with Gasteiger partial charge in [0.1, 0.15) is 11.9 Å². The summed E-state index contributed by atoms with van der Waals surface area (Å²) in [6, 6.07) is 5.63. The van der Waals surface area contributed by atoms with Crippen molar-refractivity contribution in [1.29, 1.82) is 5.26 Å². The summed E-state index contributed by atoms with van der Waals surface area (Å²) >= 11 is 0. The number of hydrogen-bond acceptors (Lipinski definition) is 3. The van der Waals surface area contributed by atoms with Crippen molar-refractivity contribution in [3.63, 3.8) is 0 Å². The zero-order chi connectivity index (χ0) is 10.7. The predicted octanol–water partition coefficient (Wildman–Crippen LogP) is 1.70. The van der Waals surface area contributed by atoms with Crippen molar-refractivity contribution in [2.45, 2.75) is 13.3 Å². The molecule has 0 aliphatic heterocycles. The molecular weight excluding hydrogens is 188 g/mol. The third-order valence-electron chi connectivity index (χ3n) is 2.17. The molecule has 0 unspecified atom stereocenters. The average molecular weight is 198 g/mol. The summed E-state index contributed by atoms with van der Waals surface area (Å²) in [6.45, 7) is 2.02. The fourth-order valence-corrected chi connectivity index (χ4v) is 1.46. The molecule has 0 aromatic carbocycles. The lowest BCUT2D eigenvalue weighted by Crippen LogP contribution is -2.03. The Kier molecular flexibility index (Phi) is 2.46. The van der Waals surface area contributed by atoms with Crippen molar-refractivity contribution in [3.05, 3.63) is 42.1 Å². The number of nitriles is 1. The zero-order valence-corrected chi connectivity index (χ0v) is 8.38. The minimum atomic E-state index is 0.560. The van der Waals surface area contributed by atoms with Crippen LogP contribution in [-0.2, 0) is 6.42 Å². The van der Waals surface area contributed by atoms with Gasteiger partial charge in [0.15, 0.2) is 5.82 Å². The smallest absolute Gasteiger partial charge is 0.155 e. The monoisotopic (exact) mass is 198 g/mol. The van der Waals surface area contributed by atoms with Crippen LogP contribution in [0.2, 0.25) is 0 Å². The van der Waals surface area contributed by atoms with Gasteiger partial charge in [0.05, 0.1) is 5.56 Å². The maximum atomic E-state index is 8.96. The van der Waals surface area contributed by atoms with Gasteiger partial charge in [0.2, 0.25) is 0 Å². The standard InChI is InChI=1S/C11H10N4/c1-2-10-13-6-7-15(10)11-9(8-12)4-3-5-14-11/h3-7H,2H2,1H3. The Morgan fingerprint density at radius 1 is 1.40 bits per heavy atom. The molecule has 2 aromatic rings. The van der Waals surface area contributed by atoms with Crippen LogP contribution < -0.4 is 0 Å². The van der Waals surface area contributed by atoms with Gasteiger partial charge in [-0.3, -0.25) is 4.57 Å². The Hall–Kier alpha value is -2.15. The van der Waals surface area contributed by atoms with Gasteiger partial charge in [0, 0.05) is 25.0 Å². The first kappa shape index (κ1) is 9.41. The molecule has 0 bridgehead atoms. The molecule has 0 aliphatic rings. The molecule has 0 saturated carbocycles. The lowest BCUT2D eigenvalue weighted by Gasteiger charge is -2.06. The van der Waals surface area contributed by atoms with E-state index in [4.69, 9.17) is 5.26 Å². The second kappa shape index (κ2) is 3.93. The highest BCUT2D eigenvalue weighted by Gasteiger charge is 2.08. The highest BCUT2D eigenvalue weighted by Crippen LogP contribution is 2.12. The van der Waals surface area contributed by atoms with E-state index >= 15 is 0 Å².